The number of nitrogens with zero attached hydrogens (tertiary/aromatic N) is 1. The van der Waals surface area contributed by atoms with E-state index in [4.69, 9.17) is 20.8 Å². The quantitative estimate of drug-likeness (QED) is 0.658. The highest BCUT2D eigenvalue weighted by atomic mass is 35.5. The molecule has 0 N–H and O–H groups in total. The molecule has 1 aromatic heterocycles. The molecule has 0 saturated heterocycles. The summed E-state index contributed by atoms with van der Waals surface area (Å²) in [5.41, 5.74) is 3.23. The van der Waals surface area contributed by atoms with Gasteiger partial charge in [0.05, 0.1) is 5.56 Å². The van der Waals surface area contributed by atoms with Gasteiger partial charge in [-0.1, -0.05) is 23.7 Å². The number of fused-ring (bicyclic) bond motifs is 3. The molecule has 5 heteroatoms. The van der Waals surface area contributed by atoms with Crippen molar-refractivity contribution in [2.45, 2.75) is 20.0 Å². The van der Waals surface area contributed by atoms with Gasteiger partial charge in [-0.15, -0.1) is 0 Å². The lowest BCUT2D eigenvalue weighted by Crippen LogP contribution is -2.31. The highest BCUT2D eigenvalue weighted by Gasteiger charge is 2.22. The van der Waals surface area contributed by atoms with Gasteiger partial charge in [-0.05, 0) is 42.3 Å². The Morgan fingerprint density at radius 1 is 1.21 bits per heavy atom. The molecule has 4 nitrogen and oxygen atoms in total. The number of hydrogen-bond acceptors (Lipinski definition) is 4. The molecule has 4 rings (SSSR count). The van der Waals surface area contributed by atoms with E-state index in [1.165, 1.54) is 6.07 Å². The zero-order chi connectivity index (χ0) is 16.7. The number of aryl methyl sites for hydroxylation is 1. The predicted octanol–water partition coefficient (Wildman–Crippen LogP) is 4.11. The maximum atomic E-state index is 11.8. The molecular formula is C19H16ClNO3. The van der Waals surface area contributed by atoms with Crippen LogP contribution in [0.1, 0.15) is 16.7 Å². The summed E-state index contributed by atoms with van der Waals surface area (Å²) in [4.78, 5) is 13.9. The summed E-state index contributed by atoms with van der Waals surface area (Å²) in [5, 5.41) is 1.67. The molecule has 0 bridgehead atoms. The van der Waals surface area contributed by atoms with Gasteiger partial charge >= 0.3 is 5.63 Å². The second-order valence-electron chi connectivity index (χ2n) is 6.06. The highest BCUT2D eigenvalue weighted by Crippen LogP contribution is 2.33. The van der Waals surface area contributed by atoms with E-state index in [-0.39, 0.29) is 5.63 Å². The molecule has 0 atom stereocenters. The van der Waals surface area contributed by atoms with E-state index < -0.39 is 0 Å². The van der Waals surface area contributed by atoms with Crippen LogP contribution in [0.25, 0.3) is 11.0 Å². The summed E-state index contributed by atoms with van der Waals surface area (Å²) in [5.74, 6) is 0.776. The summed E-state index contributed by atoms with van der Waals surface area (Å²) in [6.07, 6.45) is 0. The van der Waals surface area contributed by atoms with Crippen LogP contribution < -0.4 is 10.4 Å². The monoisotopic (exact) mass is 341 g/mol. The summed E-state index contributed by atoms with van der Waals surface area (Å²) < 4.78 is 11.3. The first-order chi connectivity index (χ1) is 11.6. The van der Waals surface area contributed by atoms with Crippen molar-refractivity contribution in [2.24, 2.45) is 0 Å². The Balaban J connectivity index is 1.71. The number of rotatable bonds is 2. The van der Waals surface area contributed by atoms with Gasteiger partial charge < -0.3 is 9.15 Å². The first kappa shape index (κ1) is 15.2. The third-order valence-electron chi connectivity index (χ3n) is 4.26. The largest absolute Gasteiger partial charge is 0.478 e. The minimum absolute atomic E-state index is 0.333. The van der Waals surface area contributed by atoms with E-state index in [0.717, 1.165) is 32.8 Å². The van der Waals surface area contributed by atoms with Gasteiger partial charge in [-0.2, -0.15) is 0 Å². The van der Waals surface area contributed by atoms with Gasteiger partial charge in [-0.3, -0.25) is 4.90 Å². The van der Waals surface area contributed by atoms with E-state index in [1.54, 1.807) is 0 Å². The van der Waals surface area contributed by atoms with Crippen molar-refractivity contribution in [3.05, 3.63) is 74.6 Å². The maximum absolute atomic E-state index is 11.8. The maximum Gasteiger partial charge on any atom is 0.336 e. The van der Waals surface area contributed by atoms with Crippen LogP contribution in [0.15, 0.2) is 51.7 Å². The lowest BCUT2D eigenvalue weighted by atomic mass is 10.0. The van der Waals surface area contributed by atoms with Crippen LogP contribution in [0.4, 0.5) is 0 Å². The Labute approximate surface area is 144 Å². The number of ether oxygens (including phenoxy) is 1. The van der Waals surface area contributed by atoms with Crippen molar-refractivity contribution in [1.29, 1.82) is 0 Å². The molecule has 0 radical (unpaired) electrons. The van der Waals surface area contributed by atoms with Gasteiger partial charge in [0, 0.05) is 29.6 Å². The van der Waals surface area contributed by atoms with Crippen LogP contribution in [0.3, 0.4) is 0 Å². The molecule has 0 aliphatic carbocycles. The van der Waals surface area contributed by atoms with Crippen LogP contribution in [-0.2, 0) is 13.1 Å². The lowest BCUT2D eigenvalue weighted by molar-refractivity contribution is 0.0890. The summed E-state index contributed by atoms with van der Waals surface area (Å²) in [6, 6.07) is 13.2. The van der Waals surface area contributed by atoms with Crippen LogP contribution in [0.5, 0.6) is 5.75 Å². The first-order valence-electron chi connectivity index (χ1n) is 7.76. The second-order valence-corrected chi connectivity index (χ2v) is 6.49. The van der Waals surface area contributed by atoms with Crippen molar-refractivity contribution in [3.8, 4) is 5.75 Å². The van der Waals surface area contributed by atoms with Crippen molar-refractivity contribution < 1.29 is 9.15 Å². The Morgan fingerprint density at radius 2 is 2.08 bits per heavy atom. The zero-order valence-electron chi connectivity index (χ0n) is 13.2. The zero-order valence-corrected chi connectivity index (χ0v) is 14.0. The Morgan fingerprint density at radius 3 is 2.92 bits per heavy atom. The van der Waals surface area contributed by atoms with E-state index >= 15 is 0 Å². The molecular weight excluding hydrogens is 326 g/mol. The number of halogens is 1. The van der Waals surface area contributed by atoms with Crippen molar-refractivity contribution in [3.63, 3.8) is 0 Å². The standard InChI is InChI=1S/C19H16ClNO3/c1-12-7-18(22)24-19-15(12)5-6-17-16(19)10-21(11-23-17)9-13-3-2-4-14(20)8-13/h2-8H,9-11H2,1H3. The SMILES string of the molecule is Cc1cc(=O)oc2c3c(ccc12)OCN(Cc1cccc(Cl)c1)C3. The third-order valence-corrected chi connectivity index (χ3v) is 4.49. The molecule has 0 saturated carbocycles. The van der Waals surface area contributed by atoms with Crippen LogP contribution in [-0.4, -0.2) is 11.6 Å². The Bertz CT molecular complexity index is 980. The fraction of sp³-hybridized carbons (Fsp3) is 0.211. The molecule has 0 unspecified atom stereocenters. The highest BCUT2D eigenvalue weighted by molar-refractivity contribution is 6.30. The lowest BCUT2D eigenvalue weighted by Gasteiger charge is -2.29. The fourth-order valence-electron chi connectivity index (χ4n) is 3.13. The minimum Gasteiger partial charge on any atom is -0.478 e. The molecule has 24 heavy (non-hydrogen) atoms. The minimum atomic E-state index is -0.333. The molecule has 0 spiro atoms. The van der Waals surface area contributed by atoms with Crippen LogP contribution in [0.2, 0.25) is 5.02 Å². The molecule has 3 aromatic rings. The summed E-state index contributed by atoms with van der Waals surface area (Å²) in [7, 11) is 0. The van der Waals surface area contributed by atoms with Gasteiger partial charge in [0.25, 0.3) is 0 Å². The van der Waals surface area contributed by atoms with Gasteiger partial charge in [0.15, 0.2) is 0 Å². The summed E-state index contributed by atoms with van der Waals surface area (Å²) >= 11 is 6.06. The van der Waals surface area contributed by atoms with E-state index in [2.05, 4.69) is 4.90 Å². The predicted molar refractivity (Wildman–Crippen MR) is 93.4 cm³/mol. The fourth-order valence-corrected chi connectivity index (χ4v) is 3.34. The molecule has 2 aromatic carbocycles. The molecule has 1 aliphatic heterocycles. The first-order valence-corrected chi connectivity index (χ1v) is 8.14. The Kier molecular flexibility index (Phi) is 3.79. The van der Waals surface area contributed by atoms with E-state index in [0.29, 0.717) is 25.4 Å². The van der Waals surface area contributed by atoms with E-state index in [9.17, 15) is 4.79 Å². The smallest absolute Gasteiger partial charge is 0.336 e. The number of benzene rings is 2. The second kappa shape index (κ2) is 5.96. The summed E-state index contributed by atoms with van der Waals surface area (Å²) in [6.45, 7) is 3.78. The molecule has 2 heterocycles. The molecule has 1 aliphatic rings. The van der Waals surface area contributed by atoms with Crippen LogP contribution >= 0.6 is 11.6 Å². The Hall–Kier alpha value is -2.30. The molecule has 0 fully saturated rings. The van der Waals surface area contributed by atoms with Crippen molar-refractivity contribution >= 4 is 22.6 Å². The average Bonchev–Trinajstić information content (AvgIpc) is 2.54. The topological polar surface area (TPSA) is 42.7 Å². The van der Waals surface area contributed by atoms with Gasteiger partial charge in [0.1, 0.15) is 18.1 Å². The van der Waals surface area contributed by atoms with E-state index in [1.807, 2.05) is 43.3 Å². The number of hydrogen-bond donors (Lipinski definition) is 0. The van der Waals surface area contributed by atoms with Crippen molar-refractivity contribution in [1.82, 2.24) is 4.90 Å². The van der Waals surface area contributed by atoms with Gasteiger partial charge in [0.2, 0.25) is 0 Å². The molecule has 122 valence electrons. The normalized spacial score (nSPS) is 14.4. The third kappa shape index (κ3) is 2.79. The van der Waals surface area contributed by atoms with Crippen molar-refractivity contribution in [2.75, 3.05) is 6.73 Å². The average molecular weight is 342 g/mol. The molecule has 0 amide bonds. The van der Waals surface area contributed by atoms with Gasteiger partial charge in [-0.25, -0.2) is 4.79 Å². The van der Waals surface area contributed by atoms with Crippen LogP contribution in [0, 0.1) is 6.92 Å².